The Hall–Kier alpha value is -1.53. The number of carbonyl (C=O) groups is 1. The third-order valence-electron chi connectivity index (χ3n) is 1.60. The van der Waals surface area contributed by atoms with Crippen LogP contribution in [0.15, 0.2) is 4.52 Å². The highest BCUT2D eigenvalue weighted by atomic mass is 19.4. The normalized spacial score (nSPS) is 11.7. The lowest BCUT2D eigenvalue weighted by Crippen LogP contribution is -2.09. The lowest BCUT2D eigenvalue weighted by molar-refractivity contribution is -0.143. The summed E-state index contributed by atoms with van der Waals surface area (Å²) >= 11 is 0. The first-order valence-corrected chi connectivity index (χ1v) is 3.67. The second-order valence-electron chi connectivity index (χ2n) is 2.50. The molecular weight excluding hydrogens is 203 g/mol. The number of alkyl halides is 3. The zero-order valence-electron chi connectivity index (χ0n) is 7.05. The second-order valence-corrected chi connectivity index (χ2v) is 2.50. The Kier molecular flexibility index (Phi) is 2.50. The van der Waals surface area contributed by atoms with Crippen LogP contribution in [0.4, 0.5) is 13.2 Å². The van der Waals surface area contributed by atoms with E-state index in [9.17, 15) is 18.0 Å². The van der Waals surface area contributed by atoms with E-state index >= 15 is 0 Å². The average molecular weight is 209 g/mol. The second kappa shape index (κ2) is 3.32. The van der Waals surface area contributed by atoms with Crippen LogP contribution in [0.2, 0.25) is 0 Å². The standard InChI is InChI=1S/C7H6F3NO3/c1-2-3-4(6(12)13)14-11-5(3)7(8,9)10/h2H2,1H3,(H,12,13). The van der Waals surface area contributed by atoms with E-state index in [0.29, 0.717) is 0 Å². The Morgan fingerprint density at radius 3 is 2.50 bits per heavy atom. The van der Waals surface area contributed by atoms with Crippen molar-refractivity contribution >= 4 is 5.97 Å². The van der Waals surface area contributed by atoms with Gasteiger partial charge >= 0.3 is 12.1 Å². The molecule has 0 amide bonds. The Bertz CT molecular complexity index is 356. The molecule has 0 aliphatic carbocycles. The molecule has 1 N–H and O–H groups in total. The number of carboxylic acids is 1. The summed E-state index contributed by atoms with van der Waals surface area (Å²) in [5, 5.41) is 11.2. The Labute approximate surface area is 76.3 Å². The first-order chi connectivity index (χ1) is 6.38. The number of nitrogens with zero attached hydrogens (tertiary/aromatic N) is 1. The third-order valence-corrected chi connectivity index (χ3v) is 1.60. The molecular formula is C7H6F3NO3. The summed E-state index contributed by atoms with van der Waals surface area (Å²) in [6.45, 7) is 1.40. The number of hydrogen-bond acceptors (Lipinski definition) is 3. The summed E-state index contributed by atoms with van der Waals surface area (Å²) in [5.41, 5.74) is -1.69. The first-order valence-electron chi connectivity index (χ1n) is 3.67. The number of aromatic carboxylic acids is 1. The zero-order valence-corrected chi connectivity index (χ0v) is 7.05. The van der Waals surface area contributed by atoms with Gasteiger partial charge in [-0.25, -0.2) is 4.79 Å². The van der Waals surface area contributed by atoms with Crippen molar-refractivity contribution in [1.29, 1.82) is 0 Å². The molecule has 0 aliphatic rings. The SMILES string of the molecule is CCc1c(C(F)(F)F)noc1C(=O)O. The molecule has 0 atom stereocenters. The largest absolute Gasteiger partial charge is 0.475 e. The maximum absolute atomic E-state index is 12.2. The molecule has 0 spiro atoms. The minimum Gasteiger partial charge on any atom is -0.475 e. The van der Waals surface area contributed by atoms with Crippen molar-refractivity contribution in [1.82, 2.24) is 5.16 Å². The average Bonchev–Trinajstić information content (AvgIpc) is 2.45. The van der Waals surface area contributed by atoms with E-state index in [1.54, 1.807) is 0 Å². The zero-order chi connectivity index (χ0) is 10.9. The summed E-state index contributed by atoms with van der Waals surface area (Å²) in [4.78, 5) is 10.4. The van der Waals surface area contributed by atoms with Gasteiger partial charge in [0.05, 0.1) is 0 Å². The highest BCUT2D eigenvalue weighted by Crippen LogP contribution is 2.32. The first kappa shape index (κ1) is 10.6. The van der Waals surface area contributed by atoms with Crippen molar-refractivity contribution in [2.24, 2.45) is 0 Å². The smallest absolute Gasteiger partial charge is 0.437 e. The van der Waals surface area contributed by atoms with Crippen LogP contribution in [0, 0.1) is 0 Å². The van der Waals surface area contributed by atoms with Gasteiger partial charge in [0.15, 0.2) is 5.69 Å². The van der Waals surface area contributed by atoms with E-state index < -0.39 is 29.2 Å². The van der Waals surface area contributed by atoms with Crippen LogP contribution in [-0.4, -0.2) is 16.2 Å². The van der Waals surface area contributed by atoms with Gasteiger partial charge in [0, 0.05) is 5.56 Å². The van der Waals surface area contributed by atoms with Gasteiger partial charge in [0.2, 0.25) is 5.76 Å². The van der Waals surface area contributed by atoms with Crippen molar-refractivity contribution in [3.8, 4) is 0 Å². The van der Waals surface area contributed by atoms with Gasteiger partial charge in [-0.05, 0) is 6.42 Å². The highest BCUT2D eigenvalue weighted by molar-refractivity contribution is 5.86. The van der Waals surface area contributed by atoms with E-state index in [0.717, 1.165) is 0 Å². The van der Waals surface area contributed by atoms with E-state index in [-0.39, 0.29) is 6.42 Å². The van der Waals surface area contributed by atoms with Crippen LogP contribution in [0.25, 0.3) is 0 Å². The van der Waals surface area contributed by atoms with Crippen LogP contribution in [-0.2, 0) is 12.6 Å². The van der Waals surface area contributed by atoms with Crippen molar-refractivity contribution < 1.29 is 27.6 Å². The molecule has 0 unspecified atom stereocenters. The van der Waals surface area contributed by atoms with E-state index in [1.807, 2.05) is 0 Å². The number of rotatable bonds is 2. The molecule has 1 aromatic rings. The van der Waals surface area contributed by atoms with Crippen molar-refractivity contribution in [3.63, 3.8) is 0 Å². The molecule has 78 valence electrons. The molecule has 0 radical (unpaired) electrons. The number of hydrogen-bond donors (Lipinski definition) is 1. The summed E-state index contributed by atoms with van der Waals surface area (Å²) in [6.07, 6.45) is -4.78. The van der Waals surface area contributed by atoms with Crippen LogP contribution < -0.4 is 0 Å². The van der Waals surface area contributed by atoms with Crippen molar-refractivity contribution in [2.45, 2.75) is 19.5 Å². The van der Waals surface area contributed by atoms with Gasteiger partial charge in [0.25, 0.3) is 0 Å². The minimum absolute atomic E-state index is 0.0972. The van der Waals surface area contributed by atoms with Crippen LogP contribution >= 0.6 is 0 Å². The van der Waals surface area contributed by atoms with Gasteiger partial charge in [-0.3, -0.25) is 0 Å². The van der Waals surface area contributed by atoms with Crippen LogP contribution in [0.3, 0.4) is 0 Å². The maximum Gasteiger partial charge on any atom is 0.437 e. The van der Waals surface area contributed by atoms with E-state index in [2.05, 4.69) is 9.68 Å². The lowest BCUT2D eigenvalue weighted by Gasteiger charge is -2.02. The number of aromatic nitrogens is 1. The fourth-order valence-corrected chi connectivity index (χ4v) is 1.03. The Morgan fingerprint density at radius 1 is 1.57 bits per heavy atom. The van der Waals surface area contributed by atoms with Crippen molar-refractivity contribution in [3.05, 3.63) is 17.0 Å². The highest BCUT2D eigenvalue weighted by Gasteiger charge is 2.39. The molecule has 0 aliphatic heterocycles. The molecule has 4 nitrogen and oxygen atoms in total. The Morgan fingerprint density at radius 2 is 2.14 bits per heavy atom. The minimum atomic E-state index is -4.68. The van der Waals surface area contributed by atoms with Gasteiger partial charge < -0.3 is 9.63 Å². The molecule has 0 aromatic carbocycles. The molecule has 14 heavy (non-hydrogen) atoms. The van der Waals surface area contributed by atoms with Crippen LogP contribution in [0.5, 0.6) is 0 Å². The van der Waals surface area contributed by atoms with Crippen molar-refractivity contribution in [2.75, 3.05) is 0 Å². The van der Waals surface area contributed by atoms with Gasteiger partial charge in [-0.15, -0.1) is 0 Å². The predicted molar refractivity (Wildman–Crippen MR) is 37.8 cm³/mol. The fraction of sp³-hybridized carbons (Fsp3) is 0.429. The summed E-state index contributed by atoms with van der Waals surface area (Å²) in [6, 6.07) is 0. The molecule has 0 bridgehead atoms. The monoisotopic (exact) mass is 209 g/mol. The molecule has 1 aromatic heterocycles. The molecule has 0 fully saturated rings. The fourth-order valence-electron chi connectivity index (χ4n) is 1.03. The maximum atomic E-state index is 12.2. The molecule has 1 rings (SSSR count). The predicted octanol–water partition coefficient (Wildman–Crippen LogP) is 1.95. The molecule has 0 saturated carbocycles. The quantitative estimate of drug-likeness (QED) is 0.808. The molecule has 1 heterocycles. The third kappa shape index (κ3) is 1.70. The molecule has 0 saturated heterocycles. The summed E-state index contributed by atoms with van der Waals surface area (Å²) in [7, 11) is 0. The van der Waals surface area contributed by atoms with Crippen LogP contribution in [0.1, 0.15) is 28.7 Å². The van der Waals surface area contributed by atoms with Gasteiger partial charge in [-0.1, -0.05) is 12.1 Å². The summed E-state index contributed by atoms with van der Waals surface area (Å²) in [5.74, 6) is -2.30. The Balaban J connectivity index is 3.28. The van der Waals surface area contributed by atoms with E-state index in [1.165, 1.54) is 6.92 Å². The number of halogens is 3. The van der Waals surface area contributed by atoms with E-state index in [4.69, 9.17) is 5.11 Å². The van der Waals surface area contributed by atoms with Gasteiger partial charge in [-0.2, -0.15) is 13.2 Å². The van der Waals surface area contributed by atoms with Gasteiger partial charge in [0.1, 0.15) is 0 Å². The molecule has 7 heteroatoms. The topological polar surface area (TPSA) is 63.3 Å². The number of carboxylic acid groups (broad SMARTS) is 1. The summed E-state index contributed by atoms with van der Waals surface area (Å²) < 4.78 is 40.7. The lowest BCUT2D eigenvalue weighted by atomic mass is 10.1.